The van der Waals surface area contributed by atoms with Crippen molar-refractivity contribution in [1.29, 1.82) is 0 Å². The first-order valence-electron chi connectivity index (χ1n) is 6.62. The lowest BCUT2D eigenvalue weighted by Gasteiger charge is -2.21. The van der Waals surface area contributed by atoms with E-state index in [4.69, 9.17) is 10.5 Å². The van der Waals surface area contributed by atoms with Crippen LogP contribution in [0.25, 0.3) is 0 Å². The molecule has 1 unspecified atom stereocenters. The zero-order valence-corrected chi connectivity index (χ0v) is 12.2. The Hall–Kier alpha value is -1.55. The van der Waals surface area contributed by atoms with Crippen LogP contribution < -0.4 is 11.1 Å². The molecule has 4 heteroatoms. The molecular formula is C15H24N2O2. The van der Waals surface area contributed by atoms with Gasteiger partial charge in [0.1, 0.15) is 0 Å². The standard InChI is InChI=1S/C15H24N2O2/c1-10(2)13(8-16)9-17-14-7-12(15(18)19-4)6-5-11(14)3/h5-7,10,13,17H,8-9,16H2,1-4H3. The molecule has 0 spiro atoms. The number of benzene rings is 1. The number of esters is 1. The summed E-state index contributed by atoms with van der Waals surface area (Å²) < 4.78 is 4.73. The molecule has 1 rings (SSSR count). The van der Waals surface area contributed by atoms with Crippen LogP contribution in [0.2, 0.25) is 0 Å². The SMILES string of the molecule is COC(=O)c1ccc(C)c(NCC(CN)C(C)C)c1. The van der Waals surface area contributed by atoms with Crippen LogP contribution in [0.3, 0.4) is 0 Å². The number of rotatable bonds is 6. The van der Waals surface area contributed by atoms with Gasteiger partial charge in [0.05, 0.1) is 12.7 Å². The second-order valence-electron chi connectivity index (χ2n) is 5.14. The monoisotopic (exact) mass is 264 g/mol. The minimum absolute atomic E-state index is 0.317. The number of carbonyl (C=O) groups excluding carboxylic acids is 1. The molecule has 0 aliphatic heterocycles. The van der Waals surface area contributed by atoms with Gasteiger partial charge in [0.2, 0.25) is 0 Å². The summed E-state index contributed by atoms with van der Waals surface area (Å²) in [7, 11) is 1.39. The maximum absolute atomic E-state index is 11.5. The highest BCUT2D eigenvalue weighted by Gasteiger charge is 2.12. The van der Waals surface area contributed by atoms with Crippen molar-refractivity contribution in [3.63, 3.8) is 0 Å². The van der Waals surface area contributed by atoms with E-state index in [2.05, 4.69) is 19.2 Å². The Morgan fingerprint density at radius 1 is 1.42 bits per heavy atom. The highest BCUT2D eigenvalue weighted by molar-refractivity contribution is 5.90. The lowest BCUT2D eigenvalue weighted by Crippen LogP contribution is -2.27. The van der Waals surface area contributed by atoms with Crippen LogP contribution in [0.4, 0.5) is 5.69 Å². The summed E-state index contributed by atoms with van der Waals surface area (Å²) in [4.78, 5) is 11.5. The van der Waals surface area contributed by atoms with E-state index in [-0.39, 0.29) is 5.97 Å². The molecule has 3 N–H and O–H groups in total. The fraction of sp³-hybridized carbons (Fsp3) is 0.533. The predicted octanol–water partition coefficient (Wildman–Crippen LogP) is 2.42. The molecule has 0 aromatic heterocycles. The van der Waals surface area contributed by atoms with Gasteiger partial charge in [-0.2, -0.15) is 0 Å². The first-order valence-corrected chi connectivity index (χ1v) is 6.62. The van der Waals surface area contributed by atoms with Crippen molar-refractivity contribution in [1.82, 2.24) is 0 Å². The summed E-state index contributed by atoms with van der Waals surface area (Å²) in [5, 5.41) is 3.38. The largest absolute Gasteiger partial charge is 0.465 e. The first-order chi connectivity index (χ1) is 8.99. The highest BCUT2D eigenvalue weighted by Crippen LogP contribution is 2.19. The van der Waals surface area contributed by atoms with E-state index in [0.717, 1.165) is 17.8 Å². The van der Waals surface area contributed by atoms with Gasteiger partial charge in [-0.25, -0.2) is 4.79 Å². The van der Waals surface area contributed by atoms with Gasteiger partial charge in [-0.1, -0.05) is 19.9 Å². The Morgan fingerprint density at radius 2 is 2.11 bits per heavy atom. The third-order valence-electron chi connectivity index (χ3n) is 3.46. The average Bonchev–Trinajstić information content (AvgIpc) is 2.40. The van der Waals surface area contributed by atoms with Crippen LogP contribution in [0.15, 0.2) is 18.2 Å². The summed E-state index contributed by atoms with van der Waals surface area (Å²) in [6, 6.07) is 5.52. The Morgan fingerprint density at radius 3 is 2.63 bits per heavy atom. The molecule has 106 valence electrons. The van der Waals surface area contributed by atoms with Crippen molar-refractivity contribution in [3.8, 4) is 0 Å². The minimum Gasteiger partial charge on any atom is -0.465 e. The summed E-state index contributed by atoms with van der Waals surface area (Å²) in [6.07, 6.45) is 0. The molecule has 19 heavy (non-hydrogen) atoms. The molecular weight excluding hydrogens is 240 g/mol. The van der Waals surface area contributed by atoms with Crippen molar-refractivity contribution in [2.45, 2.75) is 20.8 Å². The van der Waals surface area contributed by atoms with E-state index < -0.39 is 0 Å². The third-order valence-corrected chi connectivity index (χ3v) is 3.46. The number of hydrogen-bond acceptors (Lipinski definition) is 4. The number of anilines is 1. The van der Waals surface area contributed by atoms with Crippen LogP contribution >= 0.6 is 0 Å². The number of aryl methyl sites for hydroxylation is 1. The maximum Gasteiger partial charge on any atom is 0.337 e. The summed E-state index contributed by atoms with van der Waals surface area (Å²) >= 11 is 0. The van der Waals surface area contributed by atoms with Gasteiger partial charge in [-0.15, -0.1) is 0 Å². The van der Waals surface area contributed by atoms with Crippen LogP contribution in [-0.2, 0) is 4.74 Å². The smallest absolute Gasteiger partial charge is 0.337 e. The quantitative estimate of drug-likeness (QED) is 0.775. The van der Waals surface area contributed by atoms with Crippen molar-refractivity contribution in [3.05, 3.63) is 29.3 Å². The Labute approximate surface area is 115 Å². The van der Waals surface area contributed by atoms with Gasteiger partial charge in [0, 0.05) is 12.2 Å². The highest BCUT2D eigenvalue weighted by atomic mass is 16.5. The number of nitrogens with one attached hydrogen (secondary N) is 1. The normalized spacial score (nSPS) is 12.3. The van der Waals surface area contributed by atoms with E-state index in [1.54, 1.807) is 6.07 Å². The first kappa shape index (κ1) is 15.5. The van der Waals surface area contributed by atoms with Gasteiger partial charge in [-0.05, 0) is 43.0 Å². The second kappa shape index (κ2) is 7.14. The number of hydrogen-bond donors (Lipinski definition) is 2. The Balaban J connectivity index is 2.79. The Kier molecular flexibility index (Phi) is 5.83. The van der Waals surface area contributed by atoms with Crippen LogP contribution in [0.5, 0.6) is 0 Å². The molecule has 0 aliphatic rings. The number of methoxy groups -OCH3 is 1. The van der Waals surface area contributed by atoms with Crippen LogP contribution in [-0.4, -0.2) is 26.2 Å². The molecule has 0 fully saturated rings. The molecule has 4 nitrogen and oxygen atoms in total. The summed E-state index contributed by atoms with van der Waals surface area (Å²) in [6.45, 7) is 7.80. The van der Waals surface area contributed by atoms with Gasteiger partial charge in [-0.3, -0.25) is 0 Å². The van der Waals surface area contributed by atoms with Crippen molar-refractivity contribution in [2.24, 2.45) is 17.6 Å². The molecule has 0 radical (unpaired) electrons. The second-order valence-corrected chi connectivity index (χ2v) is 5.14. The van der Waals surface area contributed by atoms with E-state index >= 15 is 0 Å². The molecule has 1 aromatic rings. The van der Waals surface area contributed by atoms with Crippen molar-refractivity contribution >= 4 is 11.7 Å². The fourth-order valence-corrected chi connectivity index (χ4v) is 1.89. The number of ether oxygens (including phenoxy) is 1. The molecule has 0 bridgehead atoms. The zero-order chi connectivity index (χ0) is 14.4. The molecule has 0 amide bonds. The molecule has 1 atom stereocenters. The molecule has 1 aromatic carbocycles. The van der Waals surface area contributed by atoms with Crippen LogP contribution in [0.1, 0.15) is 29.8 Å². The van der Waals surface area contributed by atoms with Crippen LogP contribution in [0, 0.1) is 18.8 Å². The fourth-order valence-electron chi connectivity index (χ4n) is 1.89. The van der Waals surface area contributed by atoms with E-state index in [0.29, 0.717) is 23.9 Å². The average molecular weight is 264 g/mol. The van der Waals surface area contributed by atoms with E-state index in [1.807, 2.05) is 19.1 Å². The number of nitrogens with two attached hydrogens (primary N) is 1. The lowest BCUT2D eigenvalue weighted by molar-refractivity contribution is 0.0601. The minimum atomic E-state index is -0.317. The van der Waals surface area contributed by atoms with Gasteiger partial charge < -0.3 is 15.8 Å². The Bertz CT molecular complexity index is 430. The molecule has 0 aliphatic carbocycles. The molecule has 0 saturated heterocycles. The predicted molar refractivity (Wildman–Crippen MR) is 78.4 cm³/mol. The molecule has 0 saturated carbocycles. The molecule has 0 heterocycles. The van der Waals surface area contributed by atoms with Gasteiger partial charge in [0.25, 0.3) is 0 Å². The van der Waals surface area contributed by atoms with Gasteiger partial charge >= 0.3 is 5.97 Å². The lowest BCUT2D eigenvalue weighted by atomic mass is 9.96. The topological polar surface area (TPSA) is 64.3 Å². The summed E-state index contributed by atoms with van der Waals surface area (Å²) in [5.41, 5.74) is 8.39. The van der Waals surface area contributed by atoms with Crippen molar-refractivity contribution in [2.75, 3.05) is 25.5 Å². The zero-order valence-electron chi connectivity index (χ0n) is 12.2. The van der Waals surface area contributed by atoms with Crippen molar-refractivity contribution < 1.29 is 9.53 Å². The maximum atomic E-state index is 11.5. The third kappa shape index (κ3) is 4.24. The number of carbonyl (C=O) groups is 1. The van der Waals surface area contributed by atoms with Gasteiger partial charge in [0.15, 0.2) is 0 Å². The summed E-state index contributed by atoms with van der Waals surface area (Å²) in [5.74, 6) is 0.630. The van der Waals surface area contributed by atoms with E-state index in [9.17, 15) is 4.79 Å². The van der Waals surface area contributed by atoms with E-state index in [1.165, 1.54) is 7.11 Å².